The van der Waals surface area contributed by atoms with E-state index in [0.29, 0.717) is 0 Å². The Morgan fingerprint density at radius 3 is 2.36 bits per heavy atom. The number of rotatable bonds is 3. The van der Waals surface area contributed by atoms with E-state index in [0.717, 1.165) is 22.3 Å². The molecule has 0 saturated heterocycles. The summed E-state index contributed by atoms with van der Waals surface area (Å²) in [5, 5.41) is 2.37. The molecule has 1 aromatic heterocycles. The average molecular weight is 333 g/mol. The van der Waals surface area contributed by atoms with Crippen LogP contribution in [-0.4, -0.2) is 22.7 Å². The number of nitrogens with one attached hydrogen (secondary N) is 2. The van der Waals surface area contributed by atoms with Gasteiger partial charge in [-0.15, -0.1) is 0 Å². The largest absolute Gasteiger partial charge is 0.448 e. The van der Waals surface area contributed by atoms with Crippen LogP contribution in [0.3, 0.4) is 0 Å². The zero-order chi connectivity index (χ0) is 17.2. The minimum absolute atomic E-state index is 0.0276. The predicted octanol–water partition coefficient (Wildman–Crippen LogP) is 3.13. The predicted molar refractivity (Wildman–Crippen MR) is 93.5 cm³/mol. The molecule has 0 atom stereocenters. The first-order valence-corrected chi connectivity index (χ1v) is 7.90. The lowest BCUT2D eigenvalue weighted by Crippen LogP contribution is -2.23. The number of carbonyl (C=O) groups is 1. The van der Waals surface area contributed by atoms with E-state index in [2.05, 4.69) is 27.4 Å². The molecule has 0 unspecified atom stereocenters. The summed E-state index contributed by atoms with van der Waals surface area (Å²) >= 11 is 0. The van der Waals surface area contributed by atoms with Gasteiger partial charge in [-0.3, -0.25) is 10.1 Å². The van der Waals surface area contributed by atoms with Crippen LogP contribution in [0.1, 0.15) is 17.0 Å². The Bertz CT molecular complexity index is 951. The highest BCUT2D eigenvalue weighted by molar-refractivity contribution is 5.83. The summed E-state index contributed by atoms with van der Waals surface area (Å²) in [5.74, 6) is -0.111. The molecule has 6 nitrogen and oxygen atoms in total. The summed E-state index contributed by atoms with van der Waals surface area (Å²) in [6, 6.07) is 16.2. The molecule has 4 rings (SSSR count). The number of hydrogen-bond donors (Lipinski definition) is 2. The number of carbonyl (C=O) groups excluding carboxylic acids is 1. The molecule has 0 radical (unpaired) electrons. The van der Waals surface area contributed by atoms with Crippen LogP contribution in [0.2, 0.25) is 0 Å². The van der Waals surface area contributed by atoms with E-state index in [1.165, 1.54) is 12.4 Å². The van der Waals surface area contributed by atoms with Crippen molar-refractivity contribution < 1.29 is 9.53 Å². The molecule has 1 aliphatic carbocycles. The van der Waals surface area contributed by atoms with Gasteiger partial charge in [-0.1, -0.05) is 48.5 Å². The number of fused-ring (bicyclic) bond motifs is 3. The molecule has 3 aromatic rings. The Morgan fingerprint density at radius 1 is 1.08 bits per heavy atom. The zero-order valence-corrected chi connectivity index (χ0v) is 13.2. The fourth-order valence-corrected chi connectivity index (χ4v) is 3.17. The number of H-pyrrole nitrogens is 1. The van der Waals surface area contributed by atoms with E-state index in [9.17, 15) is 9.59 Å². The fourth-order valence-electron chi connectivity index (χ4n) is 3.17. The third kappa shape index (κ3) is 2.78. The number of aromatic amines is 1. The number of hydrogen-bond acceptors (Lipinski definition) is 4. The molecule has 1 amide bonds. The van der Waals surface area contributed by atoms with Crippen molar-refractivity contribution in [1.82, 2.24) is 9.97 Å². The van der Waals surface area contributed by atoms with Crippen LogP contribution < -0.4 is 10.9 Å². The van der Waals surface area contributed by atoms with Gasteiger partial charge in [-0.05, 0) is 22.3 Å². The summed E-state index contributed by atoms with van der Waals surface area (Å²) in [5.41, 5.74) is 4.11. The van der Waals surface area contributed by atoms with Crippen molar-refractivity contribution in [3.8, 4) is 11.1 Å². The van der Waals surface area contributed by atoms with E-state index in [4.69, 9.17) is 4.74 Å². The number of anilines is 1. The highest BCUT2D eigenvalue weighted by atomic mass is 16.5. The van der Waals surface area contributed by atoms with E-state index < -0.39 is 11.7 Å². The van der Waals surface area contributed by atoms with Crippen molar-refractivity contribution >= 4 is 11.9 Å². The number of aromatic nitrogens is 2. The molecule has 0 bridgehead atoms. The molecule has 0 fully saturated rings. The summed E-state index contributed by atoms with van der Waals surface area (Å²) in [6.07, 6.45) is 2.08. The van der Waals surface area contributed by atoms with Crippen LogP contribution in [0.15, 0.2) is 65.7 Å². The highest BCUT2D eigenvalue weighted by Gasteiger charge is 2.29. The number of benzene rings is 2. The van der Waals surface area contributed by atoms with E-state index in [-0.39, 0.29) is 18.3 Å². The van der Waals surface area contributed by atoms with Crippen LogP contribution in [0, 0.1) is 0 Å². The van der Waals surface area contributed by atoms with Crippen LogP contribution in [-0.2, 0) is 4.74 Å². The molecule has 2 aromatic carbocycles. The third-order valence-corrected chi connectivity index (χ3v) is 4.27. The second-order valence-electron chi connectivity index (χ2n) is 5.72. The first-order valence-electron chi connectivity index (χ1n) is 7.90. The van der Waals surface area contributed by atoms with E-state index >= 15 is 0 Å². The molecule has 0 saturated carbocycles. The maximum absolute atomic E-state index is 12.0. The van der Waals surface area contributed by atoms with Gasteiger partial charge >= 0.3 is 6.09 Å². The molecule has 25 heavy (non-hydrogen) atoms. The topological polar surface area (TPSA) is 84.1 Å². The Labute approximate surface area is 143 Å². The van der Waals surface area contributed by atoms with Gasteiger partial charge in [-0.25, -0.2) is 9.78 Å². The molecule has 0 spiro atoms. The first kappa shape index (κ1) is 15.1. The number of ether oxygens (including phenoxy) is 1. The van der Waals surface area contributed by atoms with Gasteiger partial charge in [0.1, 0.15) is 6.61 Å². The normalized spacial score (nSPS) is 12.3. The molecule has 6 heteroatoms. The molecule has 1 aliphatic rings. The van der Waals surface area contributed by atoms with Crippen LogP contribution >= 0.6 is 0 Å². The maximum atomic E-state index is 12.0. The van der Waals surface area contributed by atoms with Gasteiger partial charge in [0, 0.05) is 18.3 Å². The SMILES string of the molecule is O=C(Nc1ncc[nH]c1=O)OCC1c2ccccc2-c2ccccc21. The lowest BCUT2D eigenvalue weighted by atomic mass is 9.98. The van der Waals surface area contributed by atoms with Crippen LogP contribution in [0.25, 0.3) is 11.1 Å². The molecule has 1 heterocycles. The monoisotopic (exact) mass is 333 g/mol. The Kier molecular flexibility index (Phi) is 3.78. The van der Waals surface area contributed by atoms with Gasteiger partial charge in [0.2, 0.25) is 5.82 Å². The summed E-state index contributed by atoms with van der Waals surface area (Å²) in [7, 11) is 0. The summed E-state index contributed by atoms with van der Waals surface area (Å²) in [4.78, 5) is 29.8. The molecule has 0 aliphatic heterocycles. The summed E-state index contributed by atoms with van der Waals surface area (Å²) < 4.78 is 5.36. The maximum Gasteiger partial charge on any atom is 0.412 e. The van der Waals surface area contributed by atoms with Crippen molar-refractivity contribution in [1.29, 1.82) is 0 Å². The summed E-state index contributed by atoms with van der Waals surface area (Å²) in [6.45, 7) is 0.185. The Balaban J connectivity index is 1.52. The van der Waals surface area contributed by atoms with Crippen molar-refractivity contribution in [2.45, 2.75) is 5.92 Å². The zero-order valence-electron chi connectivity index (χ0n) is 13.2. The van der Waals surface area contributed by atoms with Crippen molar-refractivity contribution in [3.63, 3.8) is 0 Å². The van der Waals surface area contributed by atoms with E-state index in [1.807, 2.05) is 36.4 Å². The quantitative estimate of drug-likeness (QED) is 0.771. The molecule has 124 valence electrons. The van der Waals surface area contributed by atoms with Gasteiger partial charge < -0.3 is 9.72 Å². The minimum Gasteiger partial charge on any atom is -0.448 e. The van der Waals surface area contributed by atoms with Crippen LogP contribution in [0.4, 0.5) is 10.6 Å². The fraction of sp³-hybridized carbons (Fsp3) is 0.105. The van der Waals surface area contributed by atoms with Crippen molar-refractivity contribution in [3.05, 3.63) is 82.4 Å². The smallest absolute Gasteiger partial charge is 0.412 e. The van der Waals surface area contributed by atoms with Crippen molar-refractivity contribution in [2.24, 2.45) is 0 Å². The molecule has 2 N–H and O–H groups in total. The van der Waals surface area contributed by atoms with E-state index in [1.54, 1.807) is 0 Å². The lowest BCUT2D eigenvalue weighted by Gasteiger charge is -2.14. The minimum atomic E-state index is -0.703. The number of nitrogens with zero attached hydrogens (tertiary/aromatic N) is 1. The lowest BCUT2D eigenvalue weighted by molar-refractivity contribution is 0.158. The van der Waals surface area contributed by atoms with Crippen molar-refractivity contribution in [2.75, 3.05) is 11.9 Å². The van der Waals surface area contributed by atoms with Gasteiger partial charge in [0.15, 0.2) is 0 Å². The second kappa shape index (κ2) is 6.24. The molecular weight excluding hydrogens is 318 g/mol. The standard InChI is InChI=1S/C19H15N3O3/c23-18-17(20-9-10-21-18)22-19(24)25-11-16-14-7-3-1-5-12(14)13-6-2-4-8-15(13)16/h1-10,16H,11H2,(H,21,23)(H,20,22,24). The van der Waals surface area contributed by atoms with Gasteiger partial charge in [-0.2, -0.15) is 0 Å². The van der Waals surface area contributed by atoms with Gasteiger partial charge in [0.25, 0.3) is 5.56 Å². The first-order chi connectivity index (χ1) is 12.2. The average Bonchev–Trinajstić information content (AvgIpc) is 2.96. The third-order valence-electron chi connectivity index (χ3n) is 4.27. The van der Waals surface area contributed by atoms with Crippen LogP contribution in [0.5, 0.6) is 0 Å². The number of amides is 1. The Morgan fingerprint density at radius 2 is 1.72 bits per heavy atom. The van der Waals surface area contributed by atoms with Gasteiger partial charge in [0.05, 0.1) is 0 Å². The molecular formula is C19H15N3O3. The second-order valence-corrected chi connectivity index (χ2v) is 5.72. The highest BCUT2D eigenvalue weighted by Crippen LogP contribution is 2.44. The Hall–Kier alpha value is -3.41.